The fraction of sp³-hybridized carbons (Fsp3) is 0.235. The van der Waals surface area contributed by atoms with Crippen molar-refractivity contribution in [3.8, 4) is 0 Å². The molecule has 0 bridgehead atoms. The number of hydrogen-bond acceptors (Lipinski definition) is 2. The predicted octanol–water partition coefficient (Wildman–Crippen LogP) is 4.41. The van der Waals surface area contributed by atoms with E-state index in [9.17, 15) is 4.79 Å². The van der Waals surface area contributed by atoms with E-state index in [1.54, 1.807) is 18.2 Å². The minimum atomic E-state index is -0.140. The van der Waals surface area contributed by atoms with Crippen LogP contribution in [-0.2, 0) is 12.8 Å². The molecule has 110 valence electrons. The number of benzene rings is 2. The fourth-order valence-electron chi connectivity index (χ4n) is 2.33. The molecule has 2 aromatic rings. The Hall–Kier alpha value is -1.81. The van der Waals surface area contributed by atoms with Crippen LogP contribution in [0.3, 0.4) is 0 Å². The van der Waals surface area contributed by atoms with E-state index < -0.39 is 0 Å². The van der Waals surface area contributed by atoms with Crippen molar-refractivity contribution >= 4 is 33.2 Å². The topological polar surface area (TPSA) is 55.1 Å². The summed E-state index contributed by atoms with van der Waals surface area (Å²) in [6.07, 6.45) is 1.76. The molecular weight excluding hydrogens is 328 g/mol. The molecule has 0 saturated heterocycles. The highest BCUT2D eigenvalue weighted by molar-refractivity contribution is 9.10. The molecule has 2 aromatic carbocycles. The number of halogens is 1. The maximum absolute atomic E-state index is 12.5. The molecule has 0 saturated carbocycles. The third kappa shape index (κ3) is 3.64. The second kappa shape index (κ2) is 6.76. The molecule has 0 fully saturated rings. The van der Waals surface area contributed by atoms with E-state index in [0.29, 0.717) is 11.3 Å². The molecule has 0 atom stereocenters. The molecular formula is C17H19BrN2O. The maximum atomic E-state index is 12.5. The van der Waals surface area contributed by atoms with Gasteiger partial charge in [-0.25, -0.2) is 0 Å². The summed E-state index contributed by atoms with van der Waals surface area (Å²) < 4.78 is 0.798. The molecule has 2 rings (SSSR count). The number of nitrogens with one attached hydrogen (secondary N) is 1. The number of para-hydroxylation sites is 1. The summed E-state index contributed by atoms with van der Waals surface area (Å²) in [5, 5.41) is 3.04. The lowest BCUT2D eigenvalue weighted by atomic mass is 10.0. The van der Waals surface area contributed by atoms with Crippen LogP contribution in [0, 0.1) is 0 Å². The normalized spacial score (nSPS) is 10.4. The van der Waals surface area contributed by atoms with Crippen molar-refractivity contribution in [2.45, 2.75) is 26.7 Å². The maximum Gasteiger partial charge on any atom is 0.255 e. The molecule has 0 aliphatic rings. The van der Waals surface area contributed by atoms with Crippen molar-refractivity contribution in [2.24, 2.45) is 0 Å². The van der Waals surface area contributed by atoms with E-state index in [-0.39, 0.29) is 5.91 Å². The Bertz CT molecular complexity index is 625. The zero-order chi connectivity index (χ0) is 15.4. The van der Waals surface area contributed by atoms with Crippen LogP contribution in [0.25, 0.3) is 0 Å². The van der Waals surface area contributed by atoms with E-state index in [4.69, 9.17) is 5.73 Å². The summed E-state index contributed by atoms with van der Waals surface area (Å²) in [7, 11) is 0. The van der Waals surface area contributed by atoms with Gasteiger partial charge < -0.3 is 11.1 Å². The number of hydrogen-bond donors (Lipinski definition) is 2. The van der Waals surface area contributed by atoms with E-state index in [2.05, 4.69) is 35.1 Å². The Kier molecular flexibility index (Phi) is 5.02. The Morgan fingerprint density at radius 2 is 1.76 bits per heavy atom. The van der Waals surface area contributed by atoms with Crippen LogP contribution in [0.4, 0.5) is 11.4 Å². The lowest BCUT2D eigenvalue weighted by molar-refractivity contribution is 0.102. The fourth-order valence-corrected chi connectivity index (χ4v) is 2.84. The van der Waals surface area contributed by atoms with Crippen LogP contribution in [0.5, 0.6) is 0 Å². The summed E-state index contributed by atoms with van der Waals surface area (Å²) in [5.74, 6) is -0.140. The number of nitrogens with two attached hydrogens (primary N) is 1. The van der Waals surface area contributed by atoms with Gasteiger partial charge in [-0.2, -0.15) is 0 Å². The zero-order valence-electron chi connectivity index (χ0n) is 12.2. The van der Waals surface area contributed by atoms with Crippen LogP contribution in [0.15, 0.2) is 40.9 Å². The van der Waals surface area contributed by atoms with Crippen molar-refractivity contribution in [3.05, 3.63) is 57.6 Å². The molecule has 1 amide bonds. The van der Waals surface area contributed by atoms with Crippen molar-refractivity contribution in [2.75, 3.05) is 11.1 Å². The second-order valence-electron chi connectivity index (χ2n) is 4.89. The van der Waals surface area contributed by atoms with Gasteiger partial charge in [-0.3, -0.25) is 4.79 Å². The van der Waals surface area contributed by atoms with Crippen LogP contribution in [0.2, 0.25) is 0 Å². The molecule has 21 heavy (non-hydrogen) atoms. The molecule has 0 aliphatic carbocycles. The molecule has 0 spiro atoms. The van der Waals surface area contributed by atoms with Crippen molar-refractivity contribution in [1.82, 2.24) is 0 Å². The lowest BCUT2D eigenvalue weighted by Crippen LogP contribution is -2.15. The SMILES string of the molecule is CCc1cccc(CC)c1NC(=O)c1cc(N)cc(Br)c1. The van der Waals surface area contributed by atoms with Crippen LogP contribution in [-0.4, -0.2) is 5.91 Å². The van der Waals surface area contributed by atoms with Gasteiger partial charge in [-0.1, -0.05) is 48.0 Å². The lowest BCUT2D eigenvalue weighted by Gasteiger charge is -2.14. The minimum Gasteiger partial charge on any atom is -0.399 e. The Balaban J connectivity index is 2.35. The Morgan fingerprint density at radius 3 is 2.29 bits per heavy atom. The monoisotopic (exact) mass is 346 g/mol. The van der Waals surface area contributed by atoms with Crippen molar-refractivity contribution in [1.29, 1.82) is 0 Å². The van der Waals surface area contributed by atoms with E-state index in [1.165, 1.54) is 0 Å². The standard InChI is InChI=1S/C17H19BrN2O/c1-3-11-6-5-7-12(4-2)16(11)20-17(21)13-8-14(18)10-15(19)9-13/h5-10H,3-4,19H2,1-2H3,(H,20,21). The molecule has 3 nitrogen and oxygen atoms in total. The molecule has 3 N–H and O–H groups in total. The third-order valence-corrected chi connectivity index (χ3v) is 3.88. The first-order chi connectivity index (χ1) is 10.0. The highest BCUT2D eigenvalue weighted by atomic mass is 79.9. The quantitative estimate of drug-likeness (QED) is 0.805. The highest BCUT2D eigenvalue weighted by Crippen LogP contribution is 2.24. The molecule has 0 aliphatic heterocycles. The zero-order valence-corrected chi connectivity index (χ0v) is 13.8. The molecule has 4 heteroatoms. The van der Waals surface area contributed by atoms with Gasteiger partial charge in [0, 0.05) is 21.4 Å². The van der Waals surface area contributed by atoms with Crippen LogP contribution >= 0.6 is 15.9 Å². The number of amides is 1. The van der Waals surface area contributed by atoms with E-state index in [0.717, 1.165) is 34.1 Å². The Morgan fingerprint density at radius 1 is 1.14 bits per heavy atom. The average Bonchev–Trinajstić information content (AvgIpc) is 2.46. The van der Waals surface area contributed by atoms with Gasteiger partial charge in [-0.15, -0.1) is 0 Å². The predicted molar refractivity (Wildman–Crippen MR) is 91.7 cm³/mol. The summed E-state index contributed by atoms with van der Waals surface area (Å²) in [6.45, 7) is 4.17. The van der Waals surface area contributed by atoms with Gasteiger partial charge in [0.05, 0.1) is 0 Å². The van der Waals surface area contributed by atoms with Gasteiger partial charge in [-0.05, 0) is 42.2 Å². The largest absolute Gasteiger partial charge is 0.399 e. The molecule has 0 aromatic heterocycles. The van der Waals surface area contributed by atoms with Gasteiger partial charge in [0.1, 0.15) is 0 Å². The second-order valence-corrected chi connectivity index (χ2v) is 5.80. The number of carbonyl (C=O) groups is 1. The third-order valence-electron chi connectivity index (χ3n) is 3.42. The van der Waals surface area contributed by atoms with Crippen LogP contribution < -0.4 is 11.1 Å². The van der Waals surface area contributed by atoms with Gasteiger partial charge in [0.2, 0.25) is 0 Å². The van der Waals surface area contributed by atoms with Gasteiger partial charge in [0.25, 0.3) is 5.91 Å². The first kappa shape index (κ1) is 15.6. The summed E-state index contributed by atoms with van der Waals surface area (Å²) in [6, 6.07) is 11.3. The van der Waals surface area contributed by atoms with E-state index in [1.807, 2.05) is 18.2 Å². The summed E-state index contributed by atoms with van der Waals surface area (Å²) in [4.78, 5) is 12.5. The Labute approximate surface area is 133 Å². The number of anilines is 2. The first-order valence-corrected chi connectivity index (χ1v) is 7.82. The van der Waals surface area contributed by atoms with E-state index >= 15 is 0 Å². The van der Waals surface area contributed by atoms with Gasteiger partial charge in [0.15, 0.2) is 0 Å². The molecule has 0 radical (unpaired) electrons. The molecule has 0 heterocycles. The summed E-state index contributed by atoms with van der Waals surface area (Å²) >= 11 is 3.36. The molecule has 0 unspecified atom stereocenters. The minimum absolute atomic E-state index is 0.140. The summed E-state index contributed by atoms with van der Waals surface area (Å²) in [5.41, 5.74) is 10.1. The van der Waals surface area contributed by atoms with Gasteiger partial charge >= 0.3 is 0 Å². The average molecular weight is 347 g/mol. The number of carbonyl (C=O) groups excluding carboxylic acids is 1. The number of nitrogen functional groups attached to an aromatic ring is 1. The highest BCUT2D eigenvalue weighted by Gasteiger charge is 2.12. The van der Waals surface area contributed by atoms with Crippen LogP contribution in [0.1, 0.15) is 35.3 Å². The first-order valence-electron chi connectivity index (χ1n) is 7.03. The smallest absolute Gasteiger partial charge is 0.255 e. The van der Waals surface area contributed by atoms with Crippen molar-refractivity contribution in [3.63, 3.8) is 0 Å². The number of aryl methyl sites for hydroxylation is 2. The number of rotatable bonds is 4. The van der Waals surface area contributed by atoms with Crippen molar-refractivity contribution < 1.29 is 4.79 Å².